The zero-order valence-electron chi connectivity index (χ0n) is 11.2. The lowest BCUT2D eigenvalue weighted by Gasteiger charge is -2.05. The van der Waals surface area contributed by atoms with Crippen molar-refractivity contribution in [2.75, 3.05) is 0 Å². The van der Waals surface area contributed by atoms with Crippen LogP contribution in [0.3, 0.4) is 0 Å². The summed E-state index contributed by atoms with van der Waals surface area (Å²) in [4.78, 5) is 4.50. The number of benzene rings is 2. The Morgan fingerprint density at radius 3 is 2.45 bits per heavy atom. The zero-order valence-corrected chi connectivity index (χ0v) is 11.2. The van der Waals surface area contributed by atoms with Gasteiger partial charge in [-0.25, -0.2) is 0 Å². The van der Waals surface area contributed by atoms with Crippen molar-refractivity contribution in [1.82, 2.24) is 9.55 Å². The minimum absolute atomic E-state index is 1.02. The van der Waals surface area contributed by atoms with Gasteiger partial charge in [-0.3, -0.25) is 4.98 Å². The second-order valence-electron chi connectivity index (χ2n) is 4.99. The lowest BCUT2D eigenvalue weighted by Crippen LogP contribution is -1.90. The van der Waals surface area contributed by atoms with Gasteiger partial charge in [0.15, 0.2) is 0 Å². The average Bonchev–Trinajstić information content (AvgIpc) is 2.82. The summed E-state index contributed by atoms with van der Waals surface area (Å²) in [5.74, 6) is 0. The van der Waals surface area contributed by atoms with E-state index in [0.29, 0.717) is 0 Å². The van der Waals surface area contributed by atoms with E-state index in [4.69, 9.17) is 0 Å². The van der Waals surface area contributed by atoms with Gasteiger partial charge in [-0.2, -0.15) is 0 Å². The van der Waals surface area contributed by atoms with Crippen molar-refractivity contribution in [3.05, 3.63) is 66.9 Å². The highest BCUT2D eigenvalue weighted by Crippen LogP contribution is 2.34. The standard InChI is InChI=1S/C18H14N2/c1-20-17-11-3-2-7-13(17)14-8-6-9-15(18(14)20)16-10-4-5-12-19-16/h2-12H,1H3. The number of pyridine rings is 1. The van der Waals surface area contributed by atoms with Gasteiger partial charge in [0.1, 0.15) is 0 Å². The molecule has 2 heteroatoms. The van der Waals surface area contributed by atoms with E-state index >= 15 is 0 Å². The molecule has 0 amide bonds. The smallest absolute Gasteiger partial charge is 0.0723 e. The highest BCUT2D eigenvalue weighted by atomic mass is 14.9. The fourth-order valence-electron chi connectivity index (χ4n) is 2.97. The maximum Gasteiger partial charge on any atom is 0.0723 e. The molecular formula is C18H14N2. The van der Waals surface area contributed by atoms with Crippen molar-refractivity contribution in [2.24, 2.45) is 7.05 Å². The molecule has 0 radical (unpaired) electrons. The van der Waals surface area contributed by atoms with Crippen LogP contribution in [0.5, 0.6) is 0 Å². The zero-order chi connectivity index (χ0) is 13.5. The van der Waals surface area contributed by atoms with E-state index < -0.39 is 0 Å². The second kappa shape index (κ2) is 4.20. The topological polar surface area (TPSA) is 17.8 Å². The lowest BCUT2D eigenvalue weighted by molar-refractivity contribution is 1.01. The first kappa shape index (κ1) is 11.2. The van der Waals surface area contributed by atoms with Gasteiger partial charge in [-0.1, -0.05) is 42.5 Å². The molecule has 0 aliphatic carbocycles. The van der Waals surface area contributed by atoms with Gasteiger partial charge in [-0.05, 0) is 18.2 Å². The summed E-state index contributed by atoms with van der Waals surface area (Å²) in [5, 5.41) is 2.58. The number of aromatic nitrogens is 2. The van der Waals surface area contributed by atoms with E-state index in [1.807, 2.05) is 18.3 Å². The Morgan fingerprint density at radius 1 is 0.800 bits per heavy atom. The van der Waals surface area contributed by atoms with Crippen LogP contribution >= 0.6 is 0 Å². The monoisotopic (exact) mass is 258 g/mol. The number of fused-ring (bicyclic) bond motifs is 3. The third-order valence-electron chi connectivity index (χ3n) is 3.87. The van der Waals surface area contributed by atoms with Crippen LogP contribution in [0.25, 0.3) is 33.1 Å². The van der Waals surface area contributed by atoms with Gasteiger partial charge < -0.3 is 4.57 Å². The van der Waals surface area contributed by atoms with Crippen LogP contribution in [0.1, 0.15) is 0 Å². The molecule has 0 bridgehead atoms. The summed E-state index contributed by atoms with van der Waals surface area (Å²) in [6.07, 6.45) is 1.84. The second-order valence-corrected chi connectivity index (χ2v) is 4.99. The molecule has 4 aromatic rings. The lowest BCUT2D eigenvalue weighted by atomic mass is 10.1. The molecule has 2 aromatic carbocycles. The van der Waals surface area contributed by atoms with Crippen LogP contribution in [0.2, 0.25) is 0 Å². The van der Waals surface area contributed by atoms with Crippen LogP contribution in [0, 0.1) is 0 Å². The van der Waals surface area contributed by atoms with E-state index in [1.165, 1.54) is 27.4 Å². The van der Waals surface area contributed by atoms with Crippen LogP contribution in [0.4, 0.5) is 0 Å². The van der Waals surface area contributed by atoms with Crippen molar-refractivity contribution in [1.29, 1.82) is 0 Å². The Bertz CT molecular complexity index is 905. The van der Waals surface area contributed by atoms with Gasteiger partial charge in [0.25, 0.3) is 0 Å². The fourth-order valence-corrected chi connectivity index (χ4v) is 2.97. The van der Waals surface area contributed by atoms with Crippen LogP contribution in [-0.4, -0.2) is 9.55 Å². The average molecular weight is 258 g/mol. The minimum atomic E-state index is 1.02. The molecule has 96 valence electrons. The van der Waals surface area contributed by atoms with Crippen LogP contribution in [-0.2, 0) is 7.05 Å². The highest BCUT2D eigenvalue weighted by molar-refractivity contribution is 6.12. The Labute approximate surface area is 117 Å². The first-order chi connectivity index (χ1) is 9.86. The SMILES string of the molecule is Cn1c2ccccc2c2cccc(-c3ccccn3)c21. The van der Waals surface area contributed by atoms with E-state index in [9.17, 15) is 0 Å². The molecule has 4 rings (SSSR count). The summed E-state index contributed by atoms with van der Waals surface area (Å²) in [5.41, 5.74) is 4.70. The Morgan fingerprint density at radius 2 is 1.60 bits per heavy atom. The van der Waals surface area contributed by atoms with Gasteiger partial charge in [-0.15, -0.1) is 0 Å². The van der Waals surface area contributed by atoms with Crippen molar-refractivity contribution >= 4 is 21.8 Å². The normalized spacial score (nSPS) is 11.2. The fraction of sp³-hybridized carbons (Fsp3) is 0.0556. The molecule has 2 nitrogen and oxygen atoms in total. The molecule has 0 aliphatic rings. The molecule has 0 fully saturated rings. The highest BCUT2D eigenvalue weighted by Gasteiger charge is 2.12. The Balaban J connectivity index is 2.19. The third-order valence-corrected chi connectivity index (χ3v) is 3.87. The first-order valence-corrected chi connectivity index (χ1v) is 6.74. The molecule has 0 spiro atoms. The van der Waals surface area contributed by atoms with E-state index in [-0.39, 0.29) is 0 Å². The van der Waals surface area contributed by atoms with Crippen molar-refractivity contribution in [2.45, 2.75) is 0 Å². The first-order valence-electron chi connectivity index (χ1n) is 6.74. The Kier molecular flexibility index (Phi) is 2.36. The van der Waals surface area contributed by atoms with Crippen molar-refractivity contribution < 1.29 is 0 Å². The Hall–Kier alpha value is -2.61. The molecular weight excluding hydrogens is 244 g/mol. The van der Waals surface area contributed by atoms with Crippen molar-refractivity contribution in [3.63, 3.8) is 0 Å². The van der Waals surface area contributed by atoms with E-state index in [0.717, 1.165) is 5.69 Å². The van der Waals surface area contributed by atoms with Crippen LogP contribution in [0.15, 0.2) is 66.9 Å². The maximum atomic E-state index is 4.50. The molecule has 0 aliphatic heterocycles. The molecule has 2 aromatic heterocycles. The third kappa shape index (κ3) is 1.48. The predicted octanol–water partition coefficient (Wildman–Crippen LogP) is 4.39. The van der Waals surface area contributed by atoms with Crippen LogP contribution < -0.4 is 0 Å². The maximum absolute atomic E-state index is 4.50. The summed E-state index contributed by atoms with van der Waals surface area (Å²) in [7, 11) is 2.12. The molecule has 0 atom stereocenters. The summed E-state index contributed by atoms with van der Waals surface area (Å²) < 4.78 is 2.26. The van der Waals surface area contributed by atoms with Crippen molar-refractivity contribution in [3.8, 4) is 11.3 Å². The summed E-state index contributed by atoms with van der Waals surface area (Å²) in [6, 6.07) is 21.0. The quantitative estimate of drug-likeness (QED) is 0.495. The molecule has 0 N–H and O–H groups in total. The van der Waals surface area contributed by atoms with Gasteiger partial charge in [0.2, 0.25) is 0 Å². The minimum Gasteiger partial charge on any atom is -0.343 e. The molecule has 0 saturated carbocycles. The number of hydrogen-bond donors (Lipinski definition) is 0. The molecule has 0 unspecified atom stereocenters. The summed E-state index contributed by atoms with van der Waals surface area (Å²) >= 11 is 0. The van der Waals surface area contributed by atoms with Gasteiger partial charge in [0, 0.05) is 35.1 Å². The molecule has 20 heavy (non-hydrogen) atoms. The number of hydrogen-bond acceptors (Lipinski definition) is 1. The van der Waals surface area contributed by atoms with E-state index in [1.54, 1.807) is 0 Å². The number of rotatable bonds is 1. The largest absolute Gasteiger partial charge is 0.343 e. The van der Waals surface area contributed by atoms with Gasteiger partial charge in [0.05, 0.1) is 11.2 Å². The number of nitrogens with zero attached hydrogens (tertiary/aromatic N) is 2. The molecule has 0 saturated heterocycles. The molecule has 2 heterocycles. The predicted molar refractivity (Wildman–Crippen MR) is 83.7 cm³/mol. The number of para-hydroxylation sites is 2. The number of aryl methyl sites for hydroxylation is 1. The van der Waals surface area contributed by atoms with E-state index in [2.05, 4.69) is 65.1 Å². The van der Waals surface area contributed by atoms with Gasteiger partial charge >= 0.3 is 0 Å². The summed E-state index contributed by atoms with van der Waals surface area (Å²) in [6.45, 7) is 0.